The van der Waals surface area contributed by atoms with Crippen LogP contribution >= 0.6 is 0 Å². The van der Waals surface area contributed by atoms with Crippen molar-refractivity contribution in [2.24, 2.45) is 28.1 Å². The molecule has 4 heteroatoms. The third kappa shape index (κ3) is 2.45. The number of hydrogen-bond donors (Lipinski definition) is 3. The molecule has 0 heterocycles. The van der Waals surface area contributed by atoms with Gasteiger partial charge < -0.3 is 15.3 Å². The van der Waals surface area contributed by atoms with E-state index < -0.39 is 17.5 Å². The van der Waals surface area contributed by atoms with E-state index in [9.17, 15) is 20.1 Å². The number of carbonyl (C=O) groups is 1. The van der Waals surface area contributed by atoms with Crippen molar-refractivity contribution in [1.29, 1.82) is 0 Å². The number of carboxylic acid groups (broad SMARTS) is 1. The van der Waals surface area contributed by atoms with E-state index in [4.69, 9.17) is 0 Å². The molecule has 3 N–H and O–H groups in total. The van der Waals surface area contributed by atoms with Crippen LogP contribution in [0.5, 0.6) is 0 Å². The molecule has 0 aromatic carbocycles. The summed E-state index contributed by atoms with van der Waals surface area (Å²) >= 11 is 0. The Balaban J connectivity index is 1.95. The van der Waals surface area contributed by atoms with Crippen molar-refractivity contribution in [2.75, 3.05) is 6.61 Å². The fourth-order valence-corrected chi connectivity index (χ4v) is 6.25. The molecule has 0 unspecified atom stereocenters. The van der Waals surface area contributed by atoms with Gasteiger partial charge in [-0.05, 0) is 62.7 Å². The van der Waals surface area contributed by atoms with Gasteiger partial charge in [-0.1, -0.05) is 31.9 Å². The molecule has 0 amide bonds. The van der Waals surface area contributed by atoms with Crippen LogP contribution in [0.25, 0.3) is 0 Å². The number of fused-ring (bicyclic) bond motifs is 3. The molecule has 3 rings (SSSR count). The second kappa shape index (κ2) is 5.84. The zero-order chi connectivity index (χ0) is 17.8. The molecule has 6 atom stereocenters. The normalized spacial score (nSPS) is 46.5. The molecule has 136 valence electrons. The van der Waals surface area contributed by atoms with Crippen molar-refractivity contribution in [3.05, 3.63) is 11.6 Å². The summed E-state index contributed by atoms with van der Waals surface area (Å²) in [7, 11) is 0. The van der Waals surface area contributed by atoms with Crippen LogP contribution in [-0.2, 0) is 4.79 Å². The fourth-order valence-electron chi connectivity index (χ4n) is 6.25. The minimum Gasteiger partial charge on any atom is -0.481 e. The van der Waals surface area contributed by atoms with E-state index in [2.05, 4.69) is 13.0 Å². The summed E-state index contributed by atoms with van der Waals surface area (Å²) < 4.78 is 0. The third-order valence-corrected chi connectivity index (χ3v) is 7.85. The van der Waals surface area contributed by atoms with Gasteiger partial charge in [0.1, 0.15) is 0 Å². The Morgan fingerprint density at radius 1 is 1.25 bits per heavy atom. The zero-order valence-corrected chi connectivity index (χ0v) is 15.2. The fraction of sp³-hybridized carbons (Fsp3) is 0.850. The lowest BCUT2D eigenvalue weighted by Crippen LogP contribution is -2.54. The van der Waals surface area contributed by atoms with Gasteiger partial charge >= 0.3 is 5.97 Å². The van der Waals surface area contributed by atoms with Crippen molar-refractivity contribution in [2.45, 2.75) is 71.8 Å². The first-order chi connectivity index (χ1) is 11.2. The Bertz CT molecular complexity index is 556. The highest BCUT2D eigenvalue weighted by molar-refractivity contribution is 5.75. The molecule has 3 aliphatic carbocycles. The number of hydrogen-bond acceptors (Lipinski definition) is 3. The van der Waals surface area contributed by atoms with Crippen molar-refractivity contribution in [3.63, 3.8) is 0 Å². The van der Waals surface area contributed by atoms with E-state index in [1.165, 1.54) is 5.57 Å². The molecule has 0 bridgehead atoms. The molecule has 2 fully saturated rings. The summed E-state index contributed by atoms with van der Waals surface area (Å²) in [6, 6.07) is 0. The first-order valence-corrected chi connectivity index (χ1v) is 9.41. The lowest BCUT2D eigenvalue weighted by Gasteiger charge is -2.59. The smallest absolute Gasteiger partial charge is 0.309 e. The van der Waals surface area contributed by atoms with E-state index in [-0.39, 0.29) is 23.4 Å². The minimum absolute atomic E-state index is 0.0426. The monoisotopic (exact) mass is 336 g/mol. The lowest BCUT2D eigenvalue weighted by atomic mass is 9.45. The van der Waals surface area contributed by atoms with Crippen LogP contribution in [-0.4, -0.2) is 34.0 Å². The SMILES string of the molecule is C[C@@]12CCC[C@@](C)(C(=O)O)[C@H]1CCC1=C[C@@](C)([C@H](O)CO)CC[C@H]12. The summed E-state index contributed by atoms with van der Waals surface area (Å²) in [5.41, 5.74) is 0.476. The average Bonchev–Trinajstić information content (AvgIpc) is 2.53. The molecule has 2 saturated carbocycles. The van der Waals surface area contributed by atoms with Gasteiger partial charge in [-0.15, -0.1) is 0 Å². The van der Waals surface area contributed by atoms with Gasteiger partial charge in [-0.25, -0.2) is 0 Å². The lowest BCUT2D eigenvalue weighted by molar-refractivity contribution is -0.164. The molecule has 0 aliphatic heterocycles. The van der Waals surface area contributed by atoms with Gasteiger partial charge in [0.2, 0.25) is 0 Å². The van der Waals surface area contributed by atoms with Crippen LogP contribution < -0.4 is 0 Å². The largest absolute Gasteiger partial charge is 0.481 e. The number of carboxylic acids is 1. The summed E-state index contributed by atoms with van der Waals surface area (Å²) in [4.78, 5) is 12.0. The van der Waals surface area contributed by atoms with E-state index in [0.717, 1.165) is 44.9 Å². The summed E-state index contributed by atoms with van der Waals surface area (Å²) in [6.07, 6.45) is 8.07. The van der Waals surface area contributed by atoms with Crippen molar-refractivity contribution < 1.29 is 20.1 Å². The van der Waals surface area contributed by atoms with Crippen molar-refractivity contribution in [3.8, 4) is 0 Å². The molecule has 4 nitrogen and oxygen atoms in total. The maximum Gasteiger partial charge on any atom is 0.309 e. The molecule has 3 aliphatic rings. The molecule has 24 heavy (non-hydrogen) atoms. The Morgan fingerprint density at radius 2 is 1.96 bits per heavy atom. The predicted octanol–water partition coefficient (Wildman–Crippen LogP) is 3.37. The zero-order valence-electron chi connectivity index (χ0n) is 15.2. The Hall–Kier alpha value is -0.870. The summed E-state index contributed by atoms with van der Waals surface area (Å²) in [5.74, 6) is 0.0157. The van der Waals surface area contributed by atoms with Crippen LogP contribution in [0.2, 0.25) is 0 Å². The van der Waals surface area contributed by atoms with Crippen LogP contribution in [0.4, 0.5) is 0 Å². The van der Waals surface area contributed by atoms with Gasteiger partial charge in [0, 0.05) is 5.41 Å². The Kier molecular flexibility index (Phi) is 4.37. The first-order valence-electron chi connectivity index (χ1n) is 9.41. The third-order valence-electron chi connectivity index (χ3n) is 7.85. The van der Waals surface area contributed by atoms with Crippen molar-refractivity contribution >= 4 is 5.97 Å². The van der Waals surface area contributed by atoms with Gasteiger partial charge in [0.25, 0.3) is 0 Å². The summed E-state index contributed by atoms with van der Waals surface area (Å²) in [5, 5.41) is 29.4. The van der Waals surface area contributed by atoms with Crippen LogP contribution in [0.3, 0.4) is 0 Å². The van der Waals surface area contributed by atoms with E-state index >= 15 is 0 Å². The quantitative estimate of drug-likeness (QED) is 0.691. The van der Waals surface area contributed by atoms with Gasteiger partial charge in [0.05, 0.1) is 18.1 Å². The van der Waals surface area contributed by atoms with E-state index in [1.807, 2.05) is 13.8 Å². The Morgan fingerprint density at radius 3 is 2.58 bits per heavy atom. The molecular formula is C20H32O4. The van der Waals surface area contributed by atoms with E-state index in [1.54, 1.807) is 0 Å². The predicted molar refractivity (Wildman–Crippen MR) is 92.4 cm³/mol. The standard InChI is InChI=1S/C20H32O4/c1-18(16(22)12-21)10-7-14-13(11-18)5-6-15-19(14,2)8-4-9-20(15,3)17(23)24/h11,14-16,21-22H,4-10,12H2,1-3H3,(H,23,24)/t14-,15+,16-,18+,19+,20-/m1/s1. The van der Waals surface area contributed by atoms with E-state index in [0.29, 0.717) is 5.92 Å². The highest BCUT2D eigenvalue weighted by Gasteiger charge is 2.58. The molecule has 0 radical (unpaired) electrons. The maximum absolute atomic E-state index is 12.0. The van der Waals surface area contributed by atoms with Gasteiger partial charge in [-0.2, -0.15) is 0 Å². The van der Waals surface area contributed by atoms with Crippen LogP contribution in [0, 0.1) is 28.1 Å². The molecule has 0 saturated heterocycles. The molecule has 0 aromatic rings. The second-order valence-corrected chi connectivity index (χ2v) is 9.19. The topological polar surface area (TPSA) is 77.8 Å². The average molecular weight is 336 g/mol. The van der Waals surface area contributed by atoms with Crippen LogP contribution in [0.1, 0.15) is 65.7 Å². The second-order valence-electron chi connectivity index (χ2n) is 9.19. The molecular weight excluding hydrogens is 304 g/mol. The minimum atomic E-state index is -0.716. The molecule has 0 aromatic heterocycles. The van der Waals surface area contributed by atoms with Gasteiger partial charge in [-0.3, -0.25) is 4.79 Å². The maximum atomic E-state index is 12.0. The number of aliphatic hydroxyl groups is 2. The first kappa shape index (κ1) is 17.9. The summed E-state index contributed by atoms with van der Waals surface area (Å²) in [6.45, 7) is 6.09. The number of aliphatic hydroxyl groups excluding tert-OH is 2. The van der Waals surface area contributed by atoms with Gasteiger partial charge in [0.15, 0.2) is 0 Å². The molecule has 0 spiro atoms. The number of aliphatic carboxylic acids is 1. The van der Waals surface area contributed by atoms with Crippen LogP contribution in [0.15, 0.2) is 11.6 Å². The number of allylic oxidation sites excluding steroid dienone is 1. The highest BCUT2D eigenvalue weighted by Crippen LogP contribution is 2.64. The highest BCUT2D eigenvalue weighted by atomic mass is 16.4. The number of rotatable bonds is 3. The van der Waals surface area contributed by atoms with Crippen molar-refractivity contribution in [1.82, 2.24) is 0 Å². The Labute approximate surface area is 145 Å².